The number of phenols is 1. The number of carbonyl (C=O) groups is 1. The molecule has 116 valence electrons. The predicted octanol–water partition coefficient (Wildman–Crippen LogP) is 2.20. The van der Waals surface area contributed by atoms with Crippen molar-refractivity contribution in [2.45, 2.75) is 45.1 Å². The summed E-state index contributed by atoms with van der Waals surface area (Å²) >= 11 is 0. The number of amides is 1. The first-order chi connectivity index (χ1) is 10.1. The third-order valence-corrected chi connectivity index (χ3v) is 4.56. The lowest BCUT2D eigenvalue weighted by atomic mass is 9.80. The van der Waals surface area contributed by atoms with Gasteiger partial charge < -0.3 is 16.2 Å². The molecule has 1 aliphatic carbocycles. The third-order valence-electron chi connectivity index (χ3n) is 4.56. The van der Waals surface area contributed by atoms with Crippen molar-refractivity contribution in [1.82, 2.24) is 5.32 Å². The molecule has 1 aromatic rings. The maximum atomic E-state index is 12.1. The molecule has 4 heteroatoms. The molecule has 1 aromatic carbocycles. The summed E-state index contributed by atoms with van der Waals surface area (Å²) in [4.78, 5) is 12.1. The minimum absolute atomic E-state index is 0.0825. The van der Waals surface area contributed by atoms with Gasteiger partial charge in [0.1, 0.15) is 5.75 Å². The van der Waals surface area contributed by atoms with Crippen molar-refractivity contribution in [3.8, 4) is 5.75 Å². The molecule has 0 aromatic heterocycles. The molecule has 4 N–H and O–H groups in total. The third kappa shape index (κ3) is 4.74. The topological polar surface area (TPSA) is 75.4 Å². The van der Waals surface area contributed by atoms with E-state index >= 15 is 0 Å². The second-order valence-electron chi connectivity index (χ2n) is 6.24. The fourth-order valence-electron chi connectivity index (χ4n) is 3.04. The largest absolute Gasteiger partial charge is 0.508 e. The number of carbonyl (C=O) groups excluding carboxylic acids is 1. The van der Waals surface area contributed by atoms with Gasteiger partial charge in [-0.25, -0.2) is 0 Å². The van der Waals surface area contributed by atoms with E-state index in [1.165, 1.54) is 25.7 Å². The van der Waals surface area contributed by atoms with Crippen LogP contribution in [0.25, 0.3) is 0 Å². The van der Waals surface area contributed by atoms with Crippen LogP contribution in [-0.4, -0.2) is 23.6 Å². The molecule has 0 saturated heterocycles. The van der Waals surface area contributed by atoms with Crippen molar-refractivity contribution in [2.75, 3.05) is 6.54 Å². The number of hydrogen-bond acceptors (Lipinski definition) is 3. The van der Waals surface area contributed by atoms with Crippen LogP contribution in [-0.2, 0) is 11.2 Å². The van der Waals surface area contributed by atoms with E-state index in [4.69, 9.17) is 5.73 Å². The van der Waals surface area contributed by atoms with E-state index in [0.717, 1.165) is 12.1 Å². The van der Waals surface area contributed by atoms with E-state index in [-0.39, 0.29) is 11.7 Å². The maximum Gasteiger partial charge on any atom is 0.237 e. The lowest BCUT2D eigenvalue weighted by molar-refractivity contribution is -0.122. The minimum atomic E-state index is -0.534. The highest BCUT2D eigenvalue weighted by molar-refractivity contribution is 5.81. The van der Waals surface area contributed by atoms with Gasteiger partial charge in [0.25, 0.3) is 0 Å². The Balaban J connectivity index is 1.78. The van der Waals surface area contributed by atoms with Gasteiger partial charge in [-0.2, -0.15) is 0 Å². The number of benzene rings is 1. The zero-order chi connectivity index (χ0) is 15.2. The molecule has 0 bridgehead atoms. The lowest BCUT2D eigenvalue weighted by Crippen LogP contribution is -2.44. The summed E-state index contributed by atoms with van der Waals surface area (Å²) in [6.45, 7) is 3.01. The second-order valence-corrected chi connectivity index (χ2v) is 6.24. The zero-order valence-electron chi connectivity index (χ0n) is 12.7. The SMILES string of the molecule is CC1CCCCC1CNC(=O)[C@H](N)Cc1ccc(O)cc1. The van der Waals surface area contributed by atoms with Crippen LogP contribution >= 0.6 is 0 Å². The van der Waals surface area contributed by atoms with Gasteiger partial charge in [0.15, 0.2) is 0 Å². The minimum Gasteiger partial charge on any atom is -0.508 e. The molecule has 0 spiro atoms. The molecule has 1 saturated carbocycles. The summed E-state index contributed by atoms with van der Waals surface area (Å²) in [5.41, 5.74) is 6.92. The van der Waals surface area contributed by atoms with Gasteiger partial charge in [-0.15, -0.1) is 0 Å². The van der Waals surface area contributed by atoms with E-state index in [1.54, 1.807) is 24.3 Å². The number of hydrogen-bond donors (Lipinski definition) is 3. The molecule has 1 fully saturated rings. The zero-order valence-corrected chi connectivity index (χ0v) is 12.7. The maximum absolute atomic E-state index is 12.1. The van der Waals surface area contributed by atoms with Gasteiger partial charge in [-0.1, -0.05) is 38.3 Å². The molecule has 1 amide bonds. The van der Waals surface area contributed by atoms with Crippen LogP contribution < -0.4 is 11.1 Å². The van der Waals surface area contributed by atoms with E-state index in [2.05, 4.69) is 12.2 Å². The Labute approximate surface area is 126 Å². The molecule has 4 nitrogen and oxygen atoms in total. The number of nitrogens with two attached hydrogens (primary N) is 1. The van der Waals surface area contributed by atoms with Crippen LogP contribution in [0.3, 0.4) is 0 Å². The van der Waals surface area contributed by atoms with Crippen molar-refractivity contribution < 1.29 is 9.90 Å². The second kappa shape index (κ2) is 7.46. The quantitative estimate of drug-likeness (QED) is 0.778. The molecule has 0 heterocycles. The van der Waals surface area contributed by atoms with Gasteiger partial charge in [0.05, 0.1) is 6.04 Å². The fraction of sp³-hybridized carbons (Fsp3) is 0.588. The summed E-state index contributed by atoms with van der Waals surface area (Å²) in [6.07, 6.45) is 5.54. The average Bonchev–Trinajstić information content (AvgIpc) is 2.48. The first kappa shape index (κ1) is 15.8. The summed E-state index contributed by atoms with van der Waals surface area (Å²) in [7, 11) is 0. The van der Waals surface area contributed by atoms with Gasteiger partial charge in [0, 0.05) is 6.54 Å². The first-order valence-corrected chi connectivity index (χ1v) is 7.87. The smallest absolute Gasteiger partial charge is 0.237 e. The number of nitrogens with one attached hydrogen (secondary N) is 1. The summed E-state index contributed by atoms with van der Waals surface area (Å²) in [5, 5.41) is 12.2. The van der Waals surface area contributed by atoms with Crippen LogP contribution in [0.5, 0.6) is 5.75 Å². The standard InChI is InChI=1S/C17H26N2O2/c1-12-4-2-3-5-14(12)11-19-17(21)16(18)10-13-6-8-15(20)9-7-13/h6-9,12,14,16,20H,2-5,10-11,18H2,1H3,(H,19,21)/t12?,14?,16-/m1/s1. The van der Waals surface area contributed by atoms with E-state index in [0.29, 0.717) is 18.3 Å². The monoisotopic (exact) mass is 290 g/mol. The van der Waals surface area contributed by atoms with Crippen LogP contribution in [0.2, 0.25) is 0 Å². The van der Waals surface area contributed by atoms with Crippen molar-refractivity contribution in [1.29, 1.82) is 0 Å². The summed E-state index contributed by atoms with van der Waals surface area (Å²) in [6, 6.07) is 6.29. The molecule has 21 heavy (non-hydrogen) atoms. The highest BCUT2D eigenvalue weighted by atomic mass is 16.3. The normalized spacial score (nSPS) is 23.5. The lowest BCUT2D eigenvalue weighted by Gasteiger charge is -2.29. The molecule has 0 aliphatic heterocycles. The summed E-state index contributed by atoms with van der Waals surface area (Å²) < 4.78 is 0. The molecule has 0 radical (unpaired) electrons. The van der Waals surface area contributed by atoms with Crippen LogP contribution in [0.15, 0.2) is 24.3 Å². The number of aromatic hydroxyl groups is 1. The molecular formula is C17H26N2O2. The fourth-order valence-corrected chi connectivity index (χ4v) is 3.04. The Morgan fingerprint density at radius 1 is 1.33 bits per heavy atom. The molecule has 1 aliphatic rings. The van der Waals surface area contributed by atoms with Crippen LogP contribution in [0.4, 0.5) is 0 Å². The van der Waals surface area contributed by atoms with Crippen LogP contribution in [0.1, 0.15) is 38.2 Å². The average molecular weight is 290 g/mol. The van der Waals surface area contributed by atoms with Gasteiger partial charge in [-0.3, -0.25) is 4.79 Å². The highest BCUT2D eigenvalue weighted by Gasteiger charge is 2.22. The van der Waals surface area contributed by atoms with Crippen molar-refractivity contribution in [3.05, 3.63) is 29.8 Å². The Hall–Kier alpha value is -1.55. The molecule has 3 atom stereocenters. The first-order valence-electron chi connectivity index (χ1n) is 7.87. The van der Waals surface area contributed by atoms with Crippen molar-refractivity contribution in [3.63, 3.8) is 0 Å². The van der Waals surface area contributed by atoms with E-state index in [1.807, 2.05) is 0 Å². The Kier molecular flexibility index (Phi) is 5.62. The van der Waals surface area contributed by atoms with Gasteiger partial charge >= 0.3 is 0 Å². The number of rotatable bonds is 5. The highest BCUT2D eigenvalue weighted by Crippen LogP contribution is 2.28. The molecule has 2 unspecified atom stereocenters. The molecule has 2 rings (SSSR count). The Bertz CT molecular complexity index is 458. The Morgan fingerprint density at radius 2 is 2.00 bits per heavy atom. The van der Waals surface area contributed by atoms with Crippen LogP contribution in [0, 0.1) is 11.8 Å². The molecular weight excluding hydrogens is 264 g/mol. The number of phenolic OH excluding ortho intramolecular Hbond substituents is 1. The van der Waals surface area contributed by atoms with Gasteiger partial charge in [0.2, 0.25) is 5.91 Å². The van der Waals surface area contributed by atoms with Crippen molar-refractivity contribution in [2.24, 2.45) is 17.6 Å². The predicted molar refractivity (Wildman–Crippen MR) is 83.9 cm³/mol. The van der Waals surface area contributed by atoms with E-state index in [9.17, 15) is 9.90 Å². The van der Waals surface area contributed by atoms with Gasteiger partial charge in [-0.05, 0) is 42.4 Å². The van der Waals surface area contributed by atoms with Crippen molar-refractivity contribution >= 4 is 5.91 Å². The summed E-state index contributed by atoms with van der Waals surface area (Å²) in [5.74, 6) is 1.42. The van der Waals surface area contributed by atoms with E-state index < -0.39 is 6.04 Å². The Morgan fingerprint density at radius 3 is 2.67 bits per heavy atom.